The molecule has 0 spiro atoms. The van der Waals surface area contributed by atoms with Crippen molar-refractivity contribution in [2.75, 3.05) is 6.26 Å². The van der Waals surface area contributed by atoms with Crippen molar-refractivity contribution in [1.82, 2.24) is 5.32 Å². The van der Waals surface area contributed by atoms with Crippen molar-refractivity contribution in [2.24, 2.45) is 5.92 Å². The van der Waals surface area contributed by atoms with Crippen LogP contribution in [-0.4, -0.2) is 20.7 Å². The molecule has 3 nitrogen and oxygen atoms in total. The van der Waals surface area contributed by atoms with Crippen LogP contribution in [-0.2, 0) is 9.84 Å². The summed E-state index contributed by atoms with van der Waals surface area (Å²) >= 11 is 0. The molecule has 1 aromatic carbocycles. The summed E-state index contributed by atoms with van der Waals surface area (Å²) in [5.74, 6) is 0.836. The quantitative estimate of drug-likeness (QED) is 0.872. The van der Waals surface area contributed by atoms with E-state index in [-0.39, 0.29) is 6.04 Å². The molecule has 0 aliphatic heterocycles. The highest BCUT2D eigenvalue weighted by Gasteiger charge is 2.36. The second-order valence-corrected chi connectivity index (χ2v) is 7.64. The zero-order valence-corrected chi connectivity index (χ0v) is 12.7. The minimum atomic E-state index is -3.09. The molecule has 1 aromatic rings. The van der Waals surface area contributed by atoms with Crippen molar-refractivity contribution < 1.29 is 8.42 Å². The van der Waals surface area contributed by atoms with Gasteiger partial charge in [0, 0.05) is 18.3 Å². The standard InChI is InChI=1S/C15H23NO2S/c1-4-5-13-10-15(13)16-11(2)12-6-8-14(9-7-12)19(3,17)18/h6-9,11,13,15-16H,4-5,10H2,1-3H3. The van der Waals surface area contributed by atoms with Gasteiger partial charge in [-0.15, -0.1) is 0 Å². The fraction of sp³-hybridized carbons (Fsp3) is 0.600. The molecule has 3 unspecified atom stereocenters. The molecule has 1 aliphatic carbocycles. The van der Waals surface area contributed by atoms with Crippen molar-refractivity contribution in [2.45, 2.75) is 50.1 Å². The van der Waals surface area contributed by atoms with Crippen LogP contribution < -0.4 is 5.32 Å². The maximum absolute atomic E-state index is 11.4. The van der Waals surface area contributed by atoms with Crippen molar-refractivity contribution >= 4 is 9.84 Å². The Hall–Kier alpha value is -0.870. The maximum atomic E-state index is 11.4. The van der Waals surface area contributed by atoms with E-state index < -0.39 is 9.84 Å². The highest BCUT2D eigenvalue weighted by molar-refractivity contribution is 7.90. The third-order valence-corrected chi connectivity index (χ3v) is 4.98. The van der Waals surface area contributed by atoms with Gasteiger partial charge in [-0.25, -0.2) is 8.42 Å². The molecule has 0 aromatic heterocycles. The number of sulfone groups is 1. The molecule has 3 atom stereocenters. The largest absolute Gasteiger partial charge is 0.307 e. The van der Waals surface area contributed by atoms with Gasteiger partial charge in [0.2, 0.25) is 0 Å². The van der Waals surface area contributed by atoms with Gasteiger partial charge in [-0.1, -0.05) is 25.5 Å². The lowest BCUT2D eigenvalue weighted by molar-refractivity contribution is 0.530. The van der Waals surface area contributed by atoms with Gasteiger partial charge >= 0.3 is 0 Å². The predicted octanol–water partition coefficient (Wildman–Crippen LogP) is 2.93. The number of hydrogen-bond donors (Lipinski definition) is 1. The van der Waals surface area contributed by atoms with Crippen LogP contribution in [0.5, 0.6) is 0 Å². The molecule has 106 valence electrons. The molecule has 1 aliphatic rings. The normalized spacial score (nSPS) is 24.2. The van der Waals surface area contributed by atoms with Gasteiger partial charge in [-0.2, -0.15) is 0 Å². The van der Waals surface area contributed by atoms with Crippen LogP contribution in [0, 0.1) is 5.92 Å². The van der Waals surface area contributed by atoms with Crippen LogP contribution in [0.4, 0.5) is 0 Å². The molecule has 1 N–H and O–H groups in total. The van der Waals surface area contributed by atoms with Gasteiger partial charge in [-0.3, -0.25) is 0 Å². The van der Waals surface area contributed by atoms with Crippen molar-refractivity contribution in [3.8, 4) is 0 Å². The van der Waals surface area contributed by atoms with Crippen molar-refractivity contribution in [3.05, 3.63) is 29.8 Å². The van der Waals surface area contributed by atoms with Gasteiger partial charge in [0.15, 0.2) is 9.84 Å². The summed E-state index contributed by atoms with van der Waals surface area (Å²) < 4.78 is 22.8. The first-order valence-electron chi connectivity index (χ1n) is 6.98. The van der Waals surface area contributed by atoms with E-state index in [0.29, 0.717) is 10.9 Å². The SMILES string of the molecule is CCCC1CC1NC(C)c1ccc(S(C)(=O)=O)cc1. The molecule has 2 rings (SSSR count). The number of hydrogen-bond acceptors (Lipinski definition) is 3. The van der Waals surface area contributed by atoms with Gasteiger partial charge in [0.05, 0.1) is 4.90 Å². The first kappa shape index (κ1) is 14.5. The second-order valence-electron chi connectivity index (χ2n) is 5.62. The minimum Gasteiger partial charge on any atom is -0.307 e. The Balaban J connectivity index is 1.95. The average Bonchev–Trinajstić information content (AvgIpc) is 3.07. The highest BCUT2D eigenvalue weighted by atomic mass is 32.2. The Morgan fingerprint density at radius 3 is 2.47 bits per heavy atom. The topological polar surface area (TPSA) is 46.2 Å². The third kappa shape index (κ3) is 3.80. The molecular formula is C15H23NO2S. The summed E-state index contributed by atoms with van der Waals surface area (Å²) in [5, 5.41) is 3.61. The summed E-state index contributed by atoms with van der Waals surface area (Å²) in [6.07, 6.45) is 5.07. The van der Waals surface area contributed by atoms with Crippen LogP contribution in [0.2, 0.25) is 0 Å². The first-order valence-corrected chi connectivity index (χ1v) is 8.87. The van der Waals surface area contributed by atoms with E-state index in [1.165, 1.54) is 25.5 Å². The fourth-order valence-electron chi connectivity index (χ4n) is 2.56. The van der Waals surface area contributed by atoms with Gasteiger partial charge in [-0.05, 0) is 43.4 Å². The molecule has 0 radical (unpaired) electrons. The Bertz CT molecular complexity index is 522. The summed E-state index contributed by atoms with van der Waals surface area (Å²) in [6.45, 7) is 4.36. The van der Waals surface area contributed by atoms with Crippen LogP contribution in [0.25, 0.3) is 0 Å². The van der Waals surface area contributed by atoms with E-state index in [9.17, 15) is 8.42 Å². The van der Waals surface area contributed by atoms with E-state index in [1.807, 2.05) is 12.1 Å². The van der Waals surface area contributed by atoms with Gasteiger partial charge in [0.25, 0.3) is 0 Å². The van der Waals surface area contributed by atoms with E-state index in [2.05, 4.69) is 19.2 Å². The summed E-state index contributed by atoms with van der Waals surface area (Å²) in [6, 6.07) is 8.12. The number of rotatable bonds is 6. The molecule has 4 heteroatoms. The number of nitrogens with one attached hydrogen (secondary N) is 1. The summed E-state index contributed by atoms with van der Waals surface area (Å²) in [7, 11) is -3.09. The first-order chi connectivity index (χ1) is 8.91. The minimum absolute atomic E-state index is 0.278. The van der Waals surface area contributed by atoms with Crippen LogP contribution in [0.1, 0.15) is 44.7 Å². The number of benzene rings is 1. The lowest BCUT2D eigenvalue weighted by Gasteiger charge is -2.14. The lowest BCUT2D eigenvalue weighted by Crippen LogP contribution is -2.22. The van der Waals surface area contributed by atoms with E-state index in [4.69, 9.17) is 0 Å². The van der Waals surface area contributed by atoms with Crippen molar-refractivity contribution in [3.63, 3.8) is 0 Å². The Morgan fingerprint density at radius 1 is 1.32 bits per heavy atom. The average molecular weight is 281 g/mol. The molecule has 0 saturated heterocycles. The Labute approximate surface area is 116 Å². The van der Waals surface area contributed by atoms with Crippen LogP contribution >= 0.6 is 0 Å². The zero-order chi connectivity index (χ0) is 14.0. The summed E-state index contributed by atoms with van der Waals surface area (Å²) in [4.78, 5) is 0.388. The maximum Gasteiger partial charge on any atom is 0.175 e. The second kappa shape index (κ2) is 5.63. The molecule has 0 heterocycles. The smallest absolute Gasteiger partial charge is 0.175 e. The molecule has 19 heavy (non-hydrogen) atoms. The molecule has 1 saturated carbocycles. The molecular weight excluding hydrogens is 258 g/mol. The van der Waals surface area contributed by atoms with Gasteiger partial charge in [0.1, 0.15) is 0 Å². The fourth-order valence-corrected chi connectivity index (χ4v) is 3.19. The van der Waals surface area contributed by atoms with E-state index in [1.54, 1.807) is 12.1 Å². The zero-order valence-electron chi connectivity index (χ0n) is 11.9. The van der Waals surface area contributed by atoms with E-state index >= 15 is 0 Å². The summed E-state index contributed by atoms with van der Waals surface area (Å²) in [5.41, 5.74) is 1.15. The van der Waals surface area contributed by atoms with Crippen LogP contribution in [0.15, 0.2) is 29.2 Å². The monoisotopic (exact) mass is 281 g/mol. The van der Waals surface area contributed by atoms with Gasteiger partial charge < -0.3 is 5.32 Å². The van der Waals surface area contributed by atoms with Crippen molar-refractivity contribution in [1.29, 1.82) is 0 Å². The molecule has 0 bridgehead atoms. The molecule has 1 fully saturated rings. The van der Waals surface area contributed by atoms with Crippen LogP contribution in [0.3, 0.4) is 0 Å². The Kier molecular flexibility index (Phi) is 4.31. The molecule has 0 amide bonds. The lowest BCUT2D eigenvalue weighted by atomic mass is 10.1. The predicted molar refractivity (Wildman–Crippen MR) is 77.9 cm³/mol. The third-order valence-electron chi connectivity index (χ3n) is 3.85. The van der Waals surface area contributed by atoms with E-state index in [0.717, 1.165) is 11.5 Å². The highest BCUT2D eigenvalue weighted by Crippen LogP contribution is 2.36. The Morgan fingerprint density at radius 2 is 1.95 bits per heavy atom.